The molecule has 0 atom stereocenters. The van der Waals surface area contributed by atoms with Crippen LogP contribution >= 0.6 is 34.3 Å². The summed E-state index contributed by atoms with van der Waals surface area (Å²) in [6.07, 6.45) is 3.05. The molecule has 0 unspecified atom stereocenters. The first-order valence-electron chi connectivity index (χ1n) is 7.34. The number of nitrogen functional groups attached to an aromatic ring is 2. The highest BCUT2D eigenvalue weighted by Gasteiger charge is 2.14. The predicted molar refractivity (Wildman–Crippen MR) is 108 cm³/mol. The van der Waals surface area contributed by atoms with Crippen molar-refractivity contribution in [2.75, 3.05) is 11.5 Å². The predicted octanol–water partition coefficient (Wildman–Crippen LogP) is 3.40. The molecule has 0 aliphatic heterocycles. The van der Waals surface area contributed by atoms with Gasteiger partial charge in [0.2, 0.25) is 5.78 Å². The molecule has 8 nitrogen and oxygen atoms in total. The molecule has 4 aromatic rings. The van der Waals surface area contributed by atoms with Gasteiger partial charge >= 0.3 is 0 Å². The summed E-state index contributed by atoms with van der Waals surface area (Å²) >= 11 is 7.86. The van der Waals surface area contributed by atoms with Crippen LogP contribution in [0.4, 0.5) is 11.6 Å². The first-order valence-corrected chi connectivity index (χ1v) is 9.48. The fraction of sp³-hybridized carbons (Fsp3) is 0. The molecule has 0 saturated carbocycles. The summed E-state index contributed by atoms with van der Waals surface area (Å²) in [6.45, 7) is 0. The summed E-state index contributed by atoms with van der Waals surface area (Å²) in [7, 11) is 0. The molecule has 140 valence electrons. The third-order valence-corrected chi connectivity index (χ3v) is 4.95. The van der Waals surface area contributed by atoms with Crippen LogP contribution in [0.5, 0.6) is 0 Å². The minimum Gasteiger partial charge on any atom is -0.384 e. The number of nitrogens with one attached hydrogen (secondary N) is 2. The van der Waals surface area contributed by atoms with Crippen molar-refractivity contribution in [1.29, 1.82) is 0 Å². The lowest BCUT2D eigenvalue weighted by molar-refractivity contribution is 0.104. The number of carbonyl (C=O) groups is 2. The average molecular weight is 423 g/mol. The van der Waals surface area contributed by atoms with Gasteiger partial charge in [-0.2, -0.15) is 10.2 Å². The summed E-state index contributed by atoms with van der Waals surface area (Å²) in [5.74, 6) is 0.842. The van der Waals surface area contributed by atoms with Gasteiger partial charge < -0.3 is 11.5 Å². The van der Waals surface area contributed by atoms with Crippen molar-refractivity contribution in [2.24, 2.45) is 0 Å². The van der Waals surface area contributed by atoms with Gasteiger partial charge in [0, 0.05) is 0 Å². The van der Waals surface area contributed by atoms with Crippen molar-refractivity contribution in [3.05, 3.63) is 68.8 Å². The van der Waals surface area contributed by atoms with Crippen molar-refractivity contribution in [3.63, 3.8) is 0 Å². The van der Waals surface area contributed by atoms with E-state index < -0.39 is 0 Å². The number of H-pyrrole nitrogens is 2. The van der Waals surface area contributed by atoms with Gasteiger partial charge in [-0.05, 0) is 40.6 Å². The Morgan fingerprint density at radius 2 is 1.63 bits per heavy atom. The Balaban J connectivity index is 0.000000159. The third-order valence-electron chi connectivity index (χ3n) is 2.90. The molecule has 27 heavy (non-hydrogen) atoms. The number of aromatic amines is 2. The van der Waals surface area contributed by atoms with E-state index in [4.69, 9.17) is 23.1 Å². The van der Waals surface area contributed by atoms with E-state index in [1.54, 1.807) is 30.5 Å². The zero-order valence-corrected chi connectivity index (χ0v) is 16.1. The normalized spacial score (nSPS) is 9.52. The fourth-order valence-electron chi connectivity index (χ4n) is 1.67. The van der Waals surface area contributed by atoms with E-state index in [0.29, 0.717) is 27.0 Å². The van der Waals surface area contributed by atoms with E-state index in [2.05, 4.69) is 20.4 Å². The lowest BCUT2D eigenvalue weighted by atomic mass is 10.2. The lowest BCUT2D eigenvalue weighted by Crippen LogP contribution is -2.00. The van der Waals surface area contributed by atoms with Crippen LogP contribution in [0.3, 0.4) is 0 Å². The van der Waals surface area contributed by atoms with Gasteiger partial charge in [-0.1, -0.05) is 12.1 Å². The van der Waals surface area contributed by atoms with E-state index >= 15 is 0 Å². The number of thiophene rings is 2. The Kier molecular flexibility index (Phi) is 7.74. The van der Waals surface area contributed by atoms with Crippen LogP contribution in [-0.2, 0) is 0 Å². The Bertz CT molecular complexity index is 949. The van der Waals surface area contributed by atoms with E-state index in [0.717, 1.165) is 0 Å². The molecule has 4 aromatic heterocycles. The molecule has 0 saturated heterocycles. The zero-order chi connectivity index (χ0) is 19.6. The van der Waals surface area contributed by atoms with Crippen molar-refractivity contribution < 1.29 is 9.59 Å². The number of nitrogens with two attached hydrogens (primary N) is 2. The summed E-state index contributed by atoms with van der Waals surface area (Å²) in [5, 5.41) is 15.6. The molecule has 0 spiro atoms. The van der Waals surface area contributed by atoms with Gasteiger partial charge in [0.25, 0.3) is 5.24 Å². The Morgan fingerprint density at radius 1 is 0.963 bits per heavy atom. The molecular weight excluding hydrogens is 408 g/mol. The van der Waals surface area contributed by atoms with Gasteiger partial charge in [-0.3, -0.25) is 19.8 Å². The molecule has 4 heterocycles. The molecule has 0 bridgehead atoms. The zero-order valence-electron chi connectivity index (χ0n) is 13.8. The number of hydrogen-bond acceptors (Lipinski definition) is 8. The number of halogens is 1. The highest BCUT2D eigenvalue weighted by atomic mass is 35.5. The van der Waals surface area contributed by atoms with E-state index in [1.165, 1.54) is 28.9 Å². The number of anilines is 2. The number of nitrogens with zero attached hydrogens (tertiary/aromatic N) is 2. The van der Waals surface area contributed by atoms with E-state index in [9.17, 15) is 9.59 Å². The molecule has 0 aromatic carbocycles. The highest BCUT2D eigenvalue weighted by molar-refractivity contribution is 7.14. The SMILES string of the molecule is Nc1[nH]ncc1C(=O)c1cccs1.Nc1ccn[nH]1.O=C(Cl)c1cccs1. The maximum absolute atomic E-state index is 11.7. The number of rotatable bonds is 3. The van der Waals surface area contributed by atoms with E-state index in [1.807, 2.05) is 16.8 Å². The van der Waals surface area contributed by atoms with Crippen molar-refractivity contribution in [2.45, 2.75) is 0 Å². The standard InChI is InChI=1S/C8H7N3OS.C5H3ClOS.C3H5N3/c9-8-5(4-10-11-8)7(12)6-2-1-3-13-6;6-5(7)4-2-1-3-8-4;4-3-1-2-5-6-3/h1-4H,(H3,9,10,11);1-3H;1-2H,(H3,4,5,6). The third kappa shape index (κ3) is 6.37. The fourth-order valence-corrected chi connectivity index (χ4v) is 3.10. The summed E-state index contributed by atoms with van der Waals surface area (Å²) in [6, 6.07) is 8.77. The second-order valence-corrected chi connectivity index (χ2v) is 7.01. The van der Waals surface area contributed by atoms with Crippen LogP contribution in [0, 0.1) is 0 Å². The smallest absolute Gasteiger partial charge is 0.262 e. The summed E-state index contributed by atoms with van der Waals surface area (Å²) < 4.78 is 0. The van der Waals surface area contributed by atoms with Gasteiger partial charge in [0.05, 0.1) is 27.7 Å². The first kappa shape index (κ1) is 20.4. The molecule has 4 rings (SSSR count). The molecular formula is C16H15ClN6O2S2. The Labute approximate surface area is 167 Å². The van der Waals surface area contributed by atoms with E-state index in [-0.39, 0.29) is 11.0 Å². The van der Waals surface area contributed by atoms with Crippen LogP contribution in [0.1, 0.15) is 24.9 Å². The molecule has 0 aliphatic rings. The molecule has 0 amide bonds. The monoisotopic (exact) mass is 422 g/mol. The number of ketones is 1. The maximum Gasteiger partial charge on any atom is 0.262 e. The van der Waals surface area contributed by atoms with Crippen molar-refractivity contribution in [1.82, 2.24) is 20.4 Å². The Hall–Kier alpha value is -2.95. The second-order valence-electron chi connectivity index (χ2n) is 4.77. The molecule has 11 heteroatoms. The molecule has 0 radical (unpaired) electrons. The minimum atomic E-state index is -0.375. The Morgan fingerprint density at radius 3 is 1.96 bits per heavy atom. The molecule has 0 aliphatic carbocycles. The average Bonchev–Trinajstić information content (AvgIpc) is 3.43. The lowest BCUT2D eigenvalue weighted by Gasteiger charge is -1.93. The largest absolute Gasteiger partial charge is 0.384 e. The molecule has 0 fully saturated rings. The summed E-state index contributed by atoms with van der Waals surface area (Å²) in [5.41, 5.74) is 11.1. The van der Waals surface area contributed by atoms with Crippen LogP contribution in [0.15, 0.2) is 53.5 Å². The van der Waals surface area contributed by atoms with Crippen LogP contribution in [-0.4, -0.2) is 31.4 Å². The number of carbonyl (C=O) groups excluding carboxylic acids is 2. The highest BCUT2D eigenvalue weighted by Crippen LogP contribution is 2.17. The minimum absolute atomic E-state index is 0.0822. The van der Waals surface area contributed by atoms with Gasteiger partial charge in [0.15, 0.2) is 0 Å². The maximum atomic E-state index is 11.7. The van der Waals surface area contributed by atoms with Crippen LogP contribution in [0.2, 0.25) is 0 Å². The number of hydrogen-bond donors (Lipinski definition) is 4. The van der Waals surface area contributed by atoms with Crippen molar-refractivity contribution >= 4 is 56.9 Å². The van der Waals surface area contributed by atoms with Gasteiger partial charge in [-0.25, -0.2) is 0 Å². The quantitative estimate of drug-likeness (QED) is 0.294. The topological polar surface area (TPSA) is 144 Å². The van der Waals surface area contributed by atoms with Gasteiger partial charge in [0.1, 0.15) is 11.6 Å². The van der Waals surface area contributed by atoms with Gasteiger partial charge in [-0.15, -0.1) is 22.7 Å². The molecule has 6 N–H and O–H groups in total. The van der Waals surface area contributed by atoms with Crippen molar-refractivity contribution in [3.8, 4) is 0 Å². The second kappa shape index (κ2) is 10.3. The van der Waals surface area contributed by atoms with Crippen LogP contribution < -0.4 is 11.5 Å². The summed E-state index contributed by atoms with van der Waals surface area (Å²) in [4.78, 5) is 23.2. The number of aromatic nitrogens is 4. The van der Waals surface area contributed by atoms with Crippen LogP contribution in [0.25, 0.3) is 0 Å². The first-order chi connectivity index (χ1) is 13.0.